The average molecular weight is 270 g/mol. The molecule has 1 aliphatic rings. The number of aromatic nitrogens is 1. The summed E-state index contributed by atoms with van der Waals surface area (Å²) in [7, 11) is 0. The van der Waals surface area contributed by atoms with E-state index in [1.807, 2.05) is 11.8 Å². The molecule has 0 amide bonds. The van der Waals surface area contributed by atoms with Gasteiger partial charge in [0.25, 0.3) is 6.01 Å². The van der Waals surface area contributed by atoms with Crippen molar-refractivity contribution in [2.75, 3.05) is 24.7 Å². The first-order valence-corrected chi connectivity index (χ1v) is 6.14. The van der Waals surface area contributed by atoms with Crippen LogP contribution in [-0.4, -0.2) is 60.7 Å². The molecule has 0 aliphatic carbocycles. The van der Waals surface area contributed by atoms with Crippen LogP contribution in [0, 0.1) is 0 Å². The van der Waals surface area contributed by atoms with Crippen LogP contribution in [-0.2, 0) is 4.74 Å². The molecule has 0 radical (unpaired) electrons. The van der Waals surface area contributed by atoms with Gasteiger partial charge in [0.1, 0.15) is 5.52 Å². The van der Waals surface area contributed by atoms with Crippen LogP contribution in [0.1, 0.15) is 17.3 Å². The summed E-state index contributed by atoms with van der Waals surface area (Å²) in [6.45, 7) is 3.95. The first-order chi connectivity index (χ1) is 9.16. The van der Waals surface area contributed by atoms with Crippen LogP contribution in [0.2, 0.25) is 0 Å². The summed E-state index contributed by atoms with van der Waals surface area (Å²) in [4.78, 5) is 17.5. The molecule has 6 nitrogen and oxygen atoms in total. The van der Waals surface area contributed by atoms with Gasteiger partial charge in [-0.2, -0.15) is 4.98 Å². The predicted octanol–water partition coefficient (Wildman–Crippen LogP) is 1.10. The minimum atomic E-state index is -1.000. The molecule has 1 atom stereocenters. The number of para-hydroxylation sites is 1. The first-order valence-electron chi connectivity index (χ1n) is 6.14. The van der Waals surface area contributed by atoms with Crippen LogP contribution in [0.4, 0.5) is 6.01 Å². The monoisotopic (exact) mass is 270 g/mol. The van der Waals surface area contributed by atoms with Crippen molar-refractivity contribution in [3.05, 3.63) is 23.8 Å². The van der Waals surface area contributed by atoms with Crippen molar-refractivity contribution in [2.45, 2.75) is 13.0 Å². The zero-order valence-electron chi connectivity index (χ0n) is 10.5. The van der Waals surface area contributed by atoms with Gasteiger partial charge in [0.05, 0.1) is 24.8 Å². The first kappa shape index (κ1) is 14.9. The molecule has 0 spiro atoms. The summed E-state index contributed by atoms with van der Waals surface area (Å²) in [5.41, 5.74) is 1.05. The molecule has 20 heavy (non-hydrogen) atoms. The Balaban J connectivity index is 0.00000147. The van der Waals surface area contributed by atoms with Gasteiger partial charge in [-0.25, -0.2) is 4.79 Å². The van der Waals surface area contributed by atoms with Gasteiger partial charge in [-0.15, -0.1) is 0 Å². The number of benzene rings is 1. The number of hydrogen-bond acceptors (Lipinski definition) is 5. The van der Waals surface area contributed by atoms with Crippen LogP contribution in [0.15, 0.2) is 22.6 Å². The van der Waals surface area contributed by atoms with E-state index in [1.54, 1.807) is 12.1 Å². The number of ether oxygens (including phenoxy) is 1. The number of oxazole rings is 1. The normalized spacial score (nSPS) is 18.9. The van der Waals surface area contributed by atoms with Gasteiger partial charge in [-0.1, -0.05) is 6.07 Å². The van der Waals surface area contributed by atoms with Crippen molar-refractivity contribution in [3.8, 4) is 0 Å². The molecule has 3 rings (SSSR count). The molecule has 0 saturated carbocycles. The van der Waals surface area contributed by atoms with Crippen molar-refractivity contribution >= 4 is 41.9 Å². The molecule has 1 aromatic carbocycles. The maximum atomic E-state index is 11.1. The third-order valence-electron chi connectivity index (χ3n) is 3.25. The molecule has 2 heterocycles. The van der Waals surface area contributed by atoms with E-state index >= 15 is 0 Å². The van der Waals surface area contributed by atoms with Crippen LogP contribution in [0.25, 0.3) is 11.1 Å². The van der Waals surface area contributed by atoms with Crippen molar-refractivity contribution < 1.29 is 19.1 Å². The number of aromatic carboxylic acids is 1. The molecule has 7 heteroatoms. The minimum absolute atomic E-state index is 0. The second-order valence-electron chi connectivity index (χ2n) is 4.57. The van der Waals surface area contributed by atoms with E-state index in [2.05, 4.69) is 4.98 Å². The zero-order valence-corrected chi connectivity index (χ0v) is 10.5. The van der Waals surface area contributed by atoms with E-state index in [-0.39, 0.29) is 30.5 Å². The topological polar surface area (TPSA) is 75.8 Å². The van der Waals surface area contributed by atoms with E-state index in [0.717, 1.165) is 0 Å². The summed E-state index contributed by atoms with van der Waals surface area (Å²) in [5, 5.41) is 9.14. The van der Waals surface area contributed by atoms with E-state index < -0.39 is 5.97 Å². The fourth-order valence-corrected chi connectivity index (χ4v) is 2.24. The van der Waals surface area contributed by atoms with Gasteiger partial charge >= 0.3 is 24.8 Å². The molecule has 1 N–H and O–H groups in total. The molecule has 1 aliphatic heterocycles. The number of morpholine rings is 1. The predicted molar refractivity (Wildman–Crippen MR) is 75.7 cm³/mol. The molecular weight excluding hydrogens is 255 g/mol. The van der Waals surface area contributed by atoms with Crippen LogP contribution in [0.3, 0.4) is 0 Å². The fraction of sp³-hybridized carbons (Fsp3) is 0.385. The Labute approximate surface area is 127 Å². The molecule has 0 bridgehead atoms. The molecule has 1 unspecified atom stereocenters. The number of anilines is 1. The molecule has 102 valence electrons. The Morgan fingerprint density at radius 3 is 3.00 bits per heavy atom. The molecule has 2 aromatic rings. The number of nitrogens with zero attached hydrogens (tertiary/aromatic N) is 2. The Morgan fingerprint density at radius 2 is 2.30 bits per heavy atom. The van der Waals surface area contributed by atoms with Gasteiger partial charge in [0.15, 0.2) is 5.58 Å². The molecule has 1 saturated heterocycles. The van der Waals surface area contributed by atoms with Crippen molar-refractivity contribution in [3.63, 3.8) is 0 Å². The second kappa shape index (κ2) is 5.88. The van der Waals surface area contributed by atoms with E-state index in [0.29, 0.717) is 36.9 Å². The summed E-state index contributed by atoms with van der Waals surface area (Å²) in [5.74, 6) is -1.000. The quantitative estimate of drug-likeness (QED) is 0.824. The van der Waals surface area contributed by atoms with E-state index in [9.17, 15) is 4.79 Å². The van der Waals surface area contributed by atoms with E-state index in [1.165, 1.54) is 6.07 Å². The Hall–Kier alpha value is -1.48. The second-order valence-corrected chi connectivity index (χ2v) is 4.57. The van der Waals surface area contributed by atoms with Gasteiger partial charge in [-0.3, -0.25) is 0 Å². The van der Waals surface area contributed by atoms with Gasteiger partial charge in [-0.05, 0) is 19.1 Å². The SMILES string of the molecule is CC1COCCN1c1nc2c(C(=O)O)cccc2o1.[LiH]. The standard InChI is InChI=1S/C13H14N2O4.Li.H/c1-8-7-18-6-5-15(8)13-14-11-9(12(16)17)3-2-4-10(11)19-13;;/h2-4,8H,5-7H2,1H3,(H,16,17);;. The molecule has 1 aromatic heterocycles. The zero-order chi connectivity index (χ0) is 13.4. The van der Waals surface area contributed by atoms with Gasteiger partial charge in [0, 0.05) is 6.54 Å². The van der Waals surface area contributed by atoms with E-state index in [4.69, 9.17) is 14.3 Å². The number of rotatable bonds is 2. The number of fused-ring (bicyclic) bond motifs is 1. The Morgan fingerprint density at radius 1 is 1.50 bits per heavy atom. The van der Waals surface area contributed by atoms with Crippen LogP contribution >= 0.6 is 0 Å². The maximum absolute atomic E-state index is 11.1. The number of carbonyl (C=O) groups is 1. The third kappa shape index (κ3) is 2.55. The third-order valence-corrected chi connectivity index (χ3v) is 3.25. The van der Waals surface area contributed by atoms with Crippen LogP contribution in [0.5, 0.6) is 0 Å². The van der Waals surface area contributed by atoms with Gasteiger partial charge in [0.2, 0.25) is 0 Å². The average Bonchev–Trinajstić information content (AvgIpc) is 2.82. The summed E-state index contributed by atoms with van der Waals surface area (Å²) in [6.07, 6.45) is 0. The van der Waals surface area contributed by atoms with Crippen LogP contribution < -0.4 is 4.90 Å². The molecule has 1 fully saturated rings. The van der Waals surface area contributed by atoms with Gasteiger partial charge < -0.3 is 19.2 Å². The fourth-order valence-electron chi connectivity index (χ4n) is 2.24. The number of carboxylic acid groups (broad SMARTS) is 1. The van der Waals surface area contributed by atoms with Crippen molar-refractivity contribution in [1.82, 2.24) is 4.98 Å². The van der Waals surface area contributed by atoms with Crippen molar-refractivity contribution in [1.29, 1.82) is 0 Å². The summed E-state index contributed by atoms with van der Waals surface area (Å²) < 4.78 is 11.0. The Bertz CT molecular complexity index is 628. The molecular formula is C13H15LiN2O4. The number of carboxylic acids is 1. The summed E-state index contributed by atoms with van der Waals surface area (Å²) >= 11 is 0. The Kier molecular flexibility index (Phi) is 4.38. The summed E-state index contributed by atoms with van der Waals surface area (Å²) in [6, 6.07) is 5.53. The van der Waals surface area contributed by atoms with Crippen molar-refractivity contribution in [2.24, 2.45) is 0 Å². The number of hydrogen-bond donors (Lipinski definition) is 1.